The Balaban J connectivity index is 1.59. The summed E-state index contributed by atoms with van der Waals surface area (Å²) in [5.41, 5.74) is 3.77. The van der Waals surface area contributed by atoms with Crippen LogP contribution >= 0.6 is 0 Å². The van der Waals surface area contributed by atoms with Crippen molar-refractivity contribution >= 4 is 34.9 Å². The number of carboxylic acid groups (broad SMARTS) is 1. The van der Waals surface area contributed by atoms with Gasteiger partial charge in [0.25, 0.3) is 0 Å². The lowest BCUT2D eigenvalue weighted by Crippen LogP contribution is -2.20. The van der Waals surface area contributed by atoms with Crippen molar-refractivity contribution in [2.45, 2.75) is 38.2 Å². The average Bonchev–Trinajstić information content (AvgIpc) is 3.36. The quantitative estimate of drug-likeness (QED) is 0.560. The van der Waals surface area contributed by atoms with Gasteiger partial charge < -0.3 is 14.4 Å². The third-order valence-electron chi connectivity index (χ3n) is 5.79. The van der Waals surface area contributed by atoms with Crippen molar-refractivity contribution in [2.75, 3.05) is 5.32 Å². The van der Waals surface area contributed by atoms with E-state index in [9.17, 15) is 14.4 Å². The fraction of sp³-hybridized carbons (Fsp3) is 0.292. The van der Waals surface area contributed by atoms with E-state index in [2.05, 4.69) is 5.32 Å². The summed E-state index contributed by atoms with van der Waals surface area (Å²) in [6, 6.07) is 10.2. The number of anilines is 1. The number of aldehydes is 1. The zero-order valence-electron chi connectivity index (χ0n) is 17.3. The Bertz CT molecular complexity index is 1160. The fourth-order valence-corrected chi connectivity index (χ4v) is 4.20. The lowest BCUT2D eigenvalue weighted by Gasteiger charge is -2.12. The molecule has 4 rings (SSSR count). The Kier molecular flexibility index (Phi) is 5.75. The van der Waals surface area contributed by atoms with Crippen molar-refractivity contribution in [3.05, 3.63) is 64.8 Å². The molecule has 2 N–H and O–H groups in total. The molecule has 7 nitrogen and oxygen atoms in total. The van der Waals surface area contributed by atoms with E-state index in [1.54, 1.807) is 6.07 Å². The van der Waals surface area contributed by atoms with Crippen LogP contribution in [0.3, 0.4) is 0 Å². The number of fused-ring (bicyclic) bond motifs is 1. The highest BCUT2D eigenvalue weighted by Crippen LogP contribution is 2.28. The molecule has 0 spiro atoms. The second kappa shape index (κ2) is 8.63. The topological polar surface area (TPSA) is 97.6 Å². The maximum atomic E-state index is 12.2. The van der Waals surface area contributed by atoms with E-state index in [0.29, 0.717) is 24.0 Å². The molecule has 0 radical (unpaired) electrons. The maximum Gasteiger partial charge on any atom is 0.411 e. The molecule has 1 fully saturated rings. The molecular formula is C24H24N2O5. The van der Waals surface area contributed by atoms with Crippen molar-refractivity contribution in [2.24, 2.45) is 7.05 Å². The van der Waals surface area contributed by atoms with E-state index >= 15 is 0 Å². The van der Waals surface area contributed by atoms with Crippen LogP contribution in [-0.2, 0) is 18.2 Å². The van der Waals surface area contributed by atoms with E-state index < -0.39 is 12.1 Å². The summed E-state index contributed by atoms with van der Waals surface area (Å²) < 4.78 is 7.46. The molecule has 160 valence electrons. The van der Waals surface area contributed by atoms with Crippen molar-refractivity contribution in [1.29, 1.82) is 0 Å². The SMILES string of the molecule is Cn1cc(Cc2ccc(C(=O)O)cc2C=O)c2cc(NC(=O)OC3CCCC3)ccc21. The molecule has 1 aromatic heterocycles. The van der Waals surface area contributed by atoms with Crippen LogP contribution in [-0.4, -0.2) is 34.1 Å². The second-order valence-corrected chi connectivity index (χ2v) is 7.95. The Labute approximate surface area is 179 Å². The molecule has 1 aliphatic rings. The third kappa shape index (κ3) is 4.45. The number of carbonyl (C=O) groups is 3. The predicted octanol–water partition coefficient (Wildman–Crippen LogP) is 4.77. The first-order valence-electron chi connectivity index (χ1n) is 10.3. The summed E-state index contributed by atoms with van der Waals surface area (Å²) in [4.78, 5) is 34.9. The molecule has 1 aliphatic carbocycles. The third-order valence-corrected chi connectivity index (χ3v) is 5.79. The summed E-state index contributed by atoms with van der Waals surface area (Å²) in [6.07, 6.45) is 6.67. The lowest BCUT2D eigenvalue weighted by molar-refractivity contribution is 0.0696. The van der Waals surface area contributed by atoms with Crippen LogP contribution < -0.4 is 5.32 Å². The largest absolute Gasteiger partial charge is 0.478 e. The van der Waals surface area contributed by atoms with E-state index in [1.165, 1.54) is 12.1 Å². The van der Waals surface area contributed by atoms with Crippen LogP contribution in [0.15, 0.2) is 42.6 Å². The van der Waals surface area contributed by atoms with Gasteiger partial charge in [0.1, 0.15) is 12.4 Å². The first-order chi connectivity index (χ1) is 14.9. The number of carboxylic acids is 1. The van der Waals surface area contributed by atoms with Crippen LogP contribution in [0.4, 0.5) is 10.5 Å². The van der Waals surface area contributed by atoms with Crippen LogP contribution in [0.2, 0.25) is 0 Å². The Morgan fingerprint density at radius 3 is 2.65 bits per heavy atom. The lowest BCUT2D eigenvalue weighted by atomic mass is 9.98. The summed E-state index contributed by atoms with van der Waals surface area (Å²) in [7, 11) is 1.93. The van der Waals surface area contributed by atoms with Gasteiger partial charge in [-0.1, -0.05) is 6.07 Å². The number of aromatic carboxylic acids is 1. The maximum absolute atomic E-state index is 12.2. The van der Waals surface area contributed by atoms with Gasteiger partial charge in [0, 0.05) is 41.8 Å². The number of nitrogens with one attached hydrogen (secondary N) is 1. The molecule has 0 aliphatic heterocycles. The van der Waals surface area contributed by atoms with Crippen LogP contribution in [0.5, 0.6) is 0 Å². The number of ether oxygens (including phenoxy) is 1. The first kappa shape index (κ1) is 20.7. The van der Waals surface area contributed by atoms with E-state index in [-0.39, 0.29) is 11.7 Å². The number of hydrogen-bond donors (Lipinski definition) is 2. The van der Waals surface area contributed by atoms with Crippen molar-refractivity contribution < 1.29 is 24.2 Å². The number of aromatic nitrogens is 1. The van der Waals surface area contributed by atoms with Gasteiger partial charge in [-0.15, -0.1) is 0 Å². The molecule has 0 atom stereocenters. The number of benzene rings is 2. The van der Waals surface area contributed by atoms with Crippen molar-refractivity contribution in [3.63, 3.8) is 0 Å². The Morgan fingerprint density at radius 2 is 1.94 bits per heavy atom. The van der Waals surface area contributed by atoms with Gasteiger partial charge in [-0.2, -0.15) is 0 Å². The van der Waals surface area contributed by atoms with Crippen LogP contribution in [0.25, 0.3) is 10.9 Å². The second-order valence-electron chi connectivity index (χ2n) is 7.95. The molecule has 0 unspecified atom stereocenters. The Hall–Kier alpha value is -3.61. The van der Waals surface area contributed by atoms with E-state index in [1.807, 2.05) is 36.0 Å². The average molecular weight is 420 g/mol. The predicted molar refractivity (Wildman–Crippen MR) is 117 cm³/mol. The molecule has 1 amide bonds. The number of rotatable bonds is 6. The van der Waals surface area contributed by atoms with Gasteiger partial charge in [-0.05, 0) is 67.1 Å². The fourth-order valence-electron chi connectivity index (χ4n) is 4.20. The minimum atomic E-state index is -1.07. The summed E-state index contributed by atoms with van der Waals surface area (Å²) >= 11 is 0. The number of nitrogens with zero attached hydrogens (tertiary/aromatic N) is 1. The van der Waals surface area contributed by atoms with Gasteiger partial charge in [-0.3, -0.25) is 10.1 Å². The van der Waals surface area contributed by atoms with Crippen LogP contribution in [0, 0.1) is 0 Å². The smallest absolute Gasteiger partial charge is 0.411 e. The summed E-state index contributed by atoms with van der Waals surface area (Å²) in [5.74, 6) is -1.07. The number of amides is 1. The number of hydrogen-bond acceptors (Lipinski definition) is 4. The molecule has 0 bridgehead atoms. The molecule has 1 saturated carbocycles. The number of carbonyl (C=O) groups excluding carboxylic acids is 2. The highest BCUT2D eigenvalue weighted by atomic mass is 16.6. The normalized spacial score (nSPS) is 14.0. The van der Waals surface area contributed by atoms with Gasteiger partial charge in [0.15, 0.2) is 0 Å². The number of aryl methyl sites for hydroxylation is 1. The van der Waals surface area contributed by atoms with Crippen molar-refractivity contribution in [1.82, 2.24) is 4.57 Å². The highest BCUT2D eigenvalue weighted by molar-refractivity contribution is 5.93. The highest BCUT2D eigenvalue weighted by Gasteiger charge is 2.19. The monoisotopic (exact) mass is 420 g/mol. The molecule has 3 aromatic rings. The standard InChI is InChI=1S/C24H24N2O5/c1-26-13-17(10-15-6-7-16(23(28)29)11-18(15)14-27)21-12-19(8-9-22(21)26)25-24(30)31-20-4-2-3-5-20/h6-9,11-14,20H,2-5,10H2,1H3,(H,25,30)(H,28,29). The Morgan fingerprint density at radius 1 is 1.16 bits per heavy atom. The first-order valence-corrected chi connectivity index (χ1v) is 10.3. The van der Waals surface area contributed by atoms with E-state index in [4.69, 9.17) is 9.84 Å². The summed E-state index contributed by atoms with van der Waals surface area (Å²) in [5, 5.41) is 12.9. The van der Waals surface area contributed by atoms with Gasteiger partial charge in [0.2, 0.25) is 0 Å². The minimum Gasteiger partial charge on any atom is -0.478 e. The molecule has 1 heterocycles. The molecular weight excluding hydrogens is 396 g/mol. The van der Waals surface area contributed by atoms with E-state index in [0.717, 1.165) is 47.7 Å². The molecule has 2 aromatic carbocycles. The molecule has 31 heavy (non-hydrogen) atoms. The zero-order valence-corrected chi connectivity index (χ0v) is 17.3. The molecule has 0 saturated heterocycles. The van der Waals surface area contributed by atoms with Gasteiger partial charge in [0.05, 0.1) is 5.56 Å². The van der Waals surface area contributed by atoms with Crippen molar-refractivity contribution in [3.8, 4) is 0 Å². The summed E-state index contributed by atoms with van der Waals surface area (Å²) in [6.45, 7) is 0. The molecule has 7 heteroatoms. The zero-order chi connectivity index (χ0) is 22.0. The van der Waals surface area contributed by atoms with Gasteiger partial charge in [-0.25, -0.2) is 9.59 Å². The van der Waals surface area contributed by atoms with Gasteiger partial charge >= 0.3 is 12.1 Å². The minimum absolute atomic E-state index is 0.00782. The van der Waals surface area contributed by atoms with Crippen LogP contribution in [0.1, 0.15) is 57.5 Å².